The molecular weight excluding hydrogens is 490 g/mol. The van der Waals surface area contributed by atoms with Crippen LogP contribution < -0.4 is 4.90 Å². The summed E-state index contributed by atoms with van der Waals surface area (Å²) in [5.74, 6) is 1.45. The fourth-order valence-corrected chi connectivity index (χ4v) is 4.81. The summed E-state index contributed by atoms with van der Waals surface area (Å²) in [6, 6.07) is 10.4. The normalized spacial score (nSPS) is 15.0. The van der Waals surface area contributed by atoms with Crippen LogP contribution in [0.5, 0.6) is 0 Å². The van der Waals surface area contributed by atoms with Gasteiger partial charge in [-0.3, -0.25) is 14.0 Å². The van der Waals surface area contributed by atoms with Gasteiger partial charge in [0.15, 0.2) is 0 Å². The summed E-state index contributed by atoms with van der Waals surface area (Å²) >= 11 is 0. The number of ether oxygens (including phenoxy) is 1. The zero-order chi connectivity index (χ0) is 27.4. The van der Waals surface area contributed by atoms with Gasteiger partial charge in [0.2, 0.25) is 5.88 Å². The van der Waals surface area contributed by atoms with Crippen molar-refractivity contribution in [2.75, 3.05) is 44.7 Å². The summed E-state index contributed by atoms with van der Waals surface area (Å²) in [6.45, 7) is 10.2. The number of allylic oxidation sites excluding steroid dienone is 2. The molecule has 1 saturated heterocycles. The van der Waals surface area contributed by atoms with Crippen molar-refractivity contribution >= 4 is 18.2 Å². The van der Waals surface area contributed by atoms with Gasteiger partial charge in [0, 0.05) is 69.4 Å². The van der Waals surface area contributed by atoms with Crippen LogP contribution in [0, 0.1) is 11.3 Å². The standard InChI is InChI=1S/C29H31N9O/c1-21(5-8-29(31-2)39-4)19-36-9-11-37(12-10-36)27-7-6-22(16-32-27)26-13-23(24-17-34-35(3)20-24)14-28-33-18-25(15-30)38(26)28/h5-8,13-14,16-18,20H,2,9-12,19H2,1,3-4H3/b21-5+,29-8+. The van der Waals surface area contributed by atoms with Gasteiger partial charge in [0.05, 0.1) is 25.2 Å². The van der Waals surface area contributed by atoms with E-state index < -0.39 is 0 Å². The smallest absolute Gasteiger partial charge is 0.212 e. The van der Waals surface area contributed by atoms with E-state index in [2.05, 4.69) is 62.8 Å². The number of anilines is 1. The molecule has 0 unspecified atom stereocenters. The largest absolute Gasteiger partial charge is 0.481 e. The van der Waals surface area contributed by atoms with Crippen LogP contribution in [-0.4, -0.2) is 75.6 Å². The second-order valence-corrected chi connectivity index (χ2v) is 9.53. The van der Waals surface area contributed by atoms with E-state index in [9.17, 15) is 5.26 Å². The van der Waals surface area contributed by atoms with Gasteiger partial charge in [-0.15, -0.1) is 0 Å². The van der Waals surface area contributed by atoms with Gasteiger partial charge in [-0.2, -0.15) is 10.4 Å². The highest BCUT2D eigenvalue weighted by Gasteiger charge is 2.19. The Morgan fingerprint density at radius 2 is 1.90 bits per heavy atom. The molecule has 5 rings (SSSR count). The Bertz CT molecular complexity index is 1580. The summed E-state index contributed by atoms with van der Waals surface area (Å²) in [7, 11) is 3.48. The van der Waals surface area contributed by atoms with Crippen molar-refractivity contribution in [3.63, 3.8) is 0 Å². The lowest BCUT2D eigenvalue weighted by atomic mass is 10.1. The lowest BCUT2D eigenvalue weighted by Crippen LogP contribution is -2.47. The third-order valence-electron chi connectivity index (χ3n) is 6.85. The third kappa shape index (κ3) is 5.58. The molecule has 1 aliphatic heterocycles. The van der Waals surface area contributed by atoms with Crippen LogP contribution in [0.15, 0.2) is 77.7 Å². The molecule has 198 valence electrons. The SMILES string of the molecule is C=N/C(=C\C=C(/C)CN1CCN(c2ccc(-c3cc(-c4cnn(C)c4)cc4ncc(C#N)n34)cn2)CC1)OC. The van der Waals surface area contributed by atoms with E-state index in [4.69, 9.17) is 9.72 Å². The topological polar surface area (TPSA) is 99.9 Å². The Kier molecular flexibility index (Phi) is 7.52. The molecule has 4 aromatic heterocycles. The fourth-order valence-electron chi connectivity index (χ4n) is 4.81. The molecule has 0 N–H and O–H groups in total. The summed E-state index contributed by atoms with van der Waals surface area (Å²) < 4.78 is 8.78. The summed E-state index contributed by atoms with van der Waals surface area (Å²) in [5.41, 5.74) is 6.19. The Labute approximate surface area is 227 Å². The monoisotopic (exact) mass is 521 g/mol. The van der Waals surface area contributed by atoms with Gasteiger partial charge >= 0.3 is 0 Å². The highest BCUT2D eigenvalue weighted by molar-refractivity contribution is 5.75. The quantitative estimate of drug-likeness (QED) is 0.197. The lowest BCUT2D eigenvalue weighted by Gasteiger charge is -2.35. The molecular formula is C29H31N9O. The van der Waals surface area contributed by atoms with Crippen molar-refractivity contribution in [3.05, 3.63) is 78.4 Å². The minimum absolute atomic E-state index is 0.483. The Morgan fingerprint density at radius 1 is 1.08 bits per heavy atom. The highest BCUT2D eigenvalue weighted by Crippen LogP contribution is 2.30. The first-order valence-corrected chi connectivity index (χ1v) is 12.7. The van der Waals surface area contributed by atoms with Crippen molar-refractivity contribution in [2.45, 2.75) is 6.92 Å². The Balaban J connectivity index is 1.32. The molecule has 1 fully saturated rings. The zero-order valence-corrected chi connectivity index (χ0v) is 22.4. The number of nitriles is 1. The van der Waals surface area contributed by atoms with Crippen LogP contribution in [0.25, 0.3) is 28.0 Å². The average Bonchev–Trinajstić information content (AvgIpc) is 3.59. The molecule has 0 amide bonds. The van der Waals surface area contributed by atoms with Crippen LogP contribution in [0.3, 0.4) is 0 Å². The van der Waals surface area contributed by atoms with E-state index in [0.717, 1.165) is 60.9 Å². The average molecular weight is 522 g/mol. The van der Waals surface area contributed by atoms with E-state index in [1.807, 2.05) is 48.3 Å². The van der Waals surface area contributed by atoms with E-state index in [1.54, 1.807) is 18.0 Å². The second-order valence-electron chi connectivity index (χ2n) is 9.53. The van der Waals surface area contributed by atoms with Gasteiger partial charge in [-0.05, 0) is 43.5 Å². The molecule has 1 aliphatic rings. The number of piperazine rings is 1. The second kappa shape index (κ2) is 11.3. The van der Waals surface area contributed by atoms with Gasteiger partial charge in [0.25, 0.3) is 0 Å². The van der Waals surface area contributed by atoms with Gasteiger partial charge in [-0.25, -0.2) is 15.0 Å². The Morgan fingerprint density at radius 3 is 2.54 bits per heavy atom. The predicted molar refractivity (Wildman–Crippen MR) is 152 cm³/mol. The lowest BCUT2D eigenvalue weighted by molar-refractivity contribution is 0.277. The molecule has 4 aromatic rings. The number of methoxy groups -OCH3 is 1. The molecule has 10 nitrogen and oxygen atoms in total. The number of aromatic nitrogens is 5. The molecule has 0 aromatic carbocycles. The van der Waals surface area contributed by atoms with Crippen molar-refractivity contribution < 1.29 is 4.74 Å². The third-order valence-corrected chi connectivity index (χ3v) is 6.85. The molecule has 0 bridgehead atoms. The number of hydrogen-bond acceptors (Lipinski definition) is 8. The number of pyridine rings is 2. The van der Waals surface area contributed by atoms with E-state index >= 15 is 0 Å². The van der Waals surface area contributed by atoms with Gasteiger partial charge in [0.1, 0.15) is 23.2 Å². The van der Waals surface area contributed by atoms with E-state index in [-0.39, 0.29) is 0 Å². The Hall–Kier alpha value is -4.75. The van der Waals surface area contributed by atoms with Crippen LogP contribution in [0.1, 0.15) is 12.6 Å². The molecule has 5 heterocycles. The molecule has 0 saturated carbocycles. The van der Waals surface area contributed by atoms with Crippen molar-refractivity contribution in [2.24, 2.45) is 12.0 Å². The first-order chi connectivity index (χ1) is 19.0. The molecule has 0 atom stereocenters. The highest BCUT2D eigenvalue weighted by atomic mass is 16.5. The first-order valence-electron chi connectivity index (χ1n) is 12.7. The summed E-state index contributed by atoms with van der Waals surface area (Å²) in [5, 5.41) is 14.0. The van der Waals surface area contributed by atoms with Crippen molar-refractivity contribution in [1.29, 1.82) is 5.26 Å². The van der Waals surface area contributed by atoms with Crippen LogP contribution in [-0.2, 0) is 11.8 Å². The number of fused-ring (bicyclic) bond motifs is 1. The maximum Gasteiger partial charge on any atom is 0.212 e. The van der Waals surface area contributed by atoms with Crippen molar-refractivity contribution in [1.82, 2.24) is 29.0 Å². The number of aryl methyl sites for hydroxylation is 1. The van der Waals surface area contributed by atoms with E-state index in [0.29, 0.717) is 17.2 Å². The van der Waals surface area contributed by atoms with Crippen LogP contribution in [0.4, 0.5) is 5.82 Å². The van der Waals surface area contributed by atoms with Gasteiger partial charge in [-0.1, -0.05) is 11.6 Å². The minimum atomic E-state index is 0.483. The van der Waals surface area contributed by atoms with Gasteiger partial charge < -0.3 is 9.64 Å². The van der Waals surface area contributed by atoms with E-state index in [1.165, 1.54) is 5.57 Å². The summed E-state index contributed by atoms with van der Waals surface area (Å²) in [4.78, 5) is 17.9. The number of aliphatic imine (C=N–C) groups is 1. The number of hydrogen-bond donors (Lipinski definition) is 0. The molecule has 10 heteroatoms. The maximum absolute atomic E-state index is 9.68. The predicted octanol–water partition coefficient (Wildman–Crippen LogP) is 3.93. The number of nitrogens with zero attached hydrogens (tertiary/aromatic N) is 9. The van der Waals surface area contributed by atoms with Crippen LogP contribution >= 0.6 is 0 Å². The summed E-state index contributed by atoms with van der Waals surface area (Å²) in [6.07, 6.45) is 11.1. The van der Waals surface area contributed by atoms with Crippen molar-refractivity contribution in [3.8, 4) is 28.5 Å². The number of rotatable bonds is 8. The minimum Gasteiger partial charge on any atom is -0.481 e. The number of imidazole rings is 1. The maximum atomic E-state index is 9.68. The zero-order valence-electron chi connectivity index (χ0n) is 22.4. The first kappa shape index (κ1) is 25.9. The molecule has 0 aliphatic carbocycles. The molecule has 39 heavy (non-hydrogen) atoms. The molecule has 0 radical (unpaired) electrons. The van der Waals surface area contributed by atoms with Crippen LogP contribution in [0.2, 0.25) is 0 Å². The molecule has 0 spiro atoms. The fraction of sp³-hybridized carbons (Fsp3) is 0.276.